The Morgan fingerprint density at radius 1 is 1.43 bits per heavy atom. The van der Waals surface area contributed by atoms with Crippen LogP contribution in [0.25, 0.3) is 0 Å². The van der Waals surface area contributed by atoms with Crippen LogP contribution in [0.5, 0.6) is 0 Å². The van der Waals surface area contributed by atoms with Crippen molar-refractivity contribution < 1.29 is 14.3 Å². The summed E-state index contributed by atoms with van der Waals surface area (Å²) in [5.41, 5.74) is 0. The van der Waals surface area contributed by atoms with Crippen molar-refractivity contribution >= 4 is 11.9 Å². The first kappa shape index (κ1) is 12.7. The summed E-state index contributed by atoms with van der Waals surface area (Å²) in [4.78, 5) is 22.1. The van der Waals surface area contributed by atoms with Crippen LogP contribution >= 0.6 is 0 Å². The molecule has 0 aliphatic heterocycles. The van der Waals surface area contributed by atoms with Crippen molar-refractivity contribution in [3.63, 3.8) is 0 Å². The zero-order chi connectivity index (χ0) is 11.1. The van der Waals surface area contributed by atoms with Gasteiger partial charge in [-0.25, -0.2) is 4.79 Å². The SMILES string of the molecule is C/C=C\C(C)C(NC(C)=O)C(=O)OC. The van der Waals surface area contributed by atoms with Gasteiger partial charge in [0.2, 0.25) is 5.91 Å². The summed E-state index contributed by atoms with van der Waals surface area (Å²) >= 11 is 0. The van der Waals surface area contributed by atoms with Gasteiger partial charge in [0.25, 0.3) is 0 Å². The monoisotopic (exact) mass is 199 g/mol. The molecular formula is C10H17NO3. The lowest BCUT2D eigenvalue weighted by molar-refractivity contribution is -0.145. The predicted octanol–water partition coefficient (Wildman–Crippen LogP) is 0.876. The Kier molecular flexibility index (Phi) is 5.60. The molecule has 0 aliphatic rings. The molecule has 0 spiro atoms. The third-order valence-electron chi connectivity index (χ3n) is 1.84. The molecule has 0 aromatic heterocycles. The van der Waals surface area contributed by atoms with Gasteiger partial charge in [-0.3, -0.25) is 4.79 Å². The number of methoxy groups -OCH3 is 1. The van der Waals surface area contributed by atoms with E-state index in [4.69, 9.17) is 0 Å². The first-order valence-corrected chi connectivity index (χ1v) is 4.50. The van der Waals surface area contributed by atoms with Crippen LogP contribution in [0.3, 0.4) is 0 Å². The third-order valence-corrected chi connectivity index (χ3v) is 1.84. The second kappa shape index (κ2) is 6.18. The summed E-state index contributed by atoms with van der Waals surface area (Å²) in [6, 6.07) is -0.603. The van der Waals surface area contributed by atoms with Crippen LogP contribution in [0.15, 0.2) is 12.2 Å². The van der Waals surface area contributed by atoms with Gasteiger partial charge in [-0.05, 0) is 6.92 Å². The zero-order valence-corrected chi connectivity index (χ0v) is 9.03. The highest BCUT2D eigenvalue weighted by Crippen LogP contribution is 2.06. The highest BCUT2D eigenvalue weighted by atomic mass is 16.5. The Balaban J connectivity index is 4.53. The van der Waals surface area contributed by atoms with Crippen molar-refractivity contribution in [3.8, 4) is 0 Å². The van der Waals surface area contributed by atoms with Crippen LogP contribution in [-0.2, 0) is 14.3 Å². The molecule has 0 aromatic carbocycles. The normalized spacial score (nSPS) is 14.9. The molecule has 0 aliphatic carbocycles. The van der Waals surface area contributed by atoms with E-state index in [9.17, 15) is 9.59 Å². The van der Waals surface area contributed by atoms with Gasteiger partial charge >= 0.3 is 5.97 Å². The molecule has 4 nitrogen and oxygen atoms in total. The van der Waals surface area contributed by atoms with Gasteiger partial charge < -0.3 is 10.1 Å². The van der Waals surface area contributed by atoms with E-state index in [0.29, 0.717) is 0 Å². The van der Waals surface area contributed by atoms with E-state index in [1.165, 1.54) is 14.0 Å². The van der Waals surface area contributed by atoms with E-state index in [1.54, 1.807) is 0 Å². The van der Waals surface area contributed by atoms with Crippen molar-refractivity contribution in [1.29, 1.82) is 0 Å². The van der Waals surface area contributed by atoms with Crippen molar-refractivity contribution in [3.05, 3.63) is 12.2 Å². The topological polar surface area (TPSA) is 55.4 Å². The molecule has 2 unspecified atom stereocenters. The second-order valence-electron chi connectivity index (χ2n) is 3.09. The van der Waals surface area contributed by atoms with E-state index in [2.05, 4.69) is 10.1 Å². The number of amides is 1. The van der Waals surface area contributed by atoms with Crippen LogP contribution in [-0.4, -0.2) is 25.0 Å². The molecular weight excluding hydrogens is 182 g/mol. The van der Waals surface area contributed by atoms with Gasteiger partial charge in [-0.15, -0.1) is 0 Å². The standard InChI is InChI=1S/C10H17NO3/c1-5-6-7(2)9(10(13)14-4)11-8(3)12/h5-7,9H,1-4H3,(H,11,12)/b6-5-. The molecule has 14 heavy (non-hydrogen) atoms. The lowest BCUT2D eigenvalue weighted by Crippen LogP contribution is -2.44. The van der Waals surface area contributed by atoms with Crippen LogP contribution < -0.4 is 5.32 Å². The van der Waals surface area contributed by atoms with Gasteiger partial charge in [-0.1, -0.05) is 19.1 Å². The molecule has 0 saturated carbocycles. The largest absolute Gasteiger partial charge is 0.467 e. The average molecular weight is 199 g/mol. The van der Waals surface area contributed by atoms with Gasteiger partial charge in [-0.2, -0.15) is 0 Å². The molecule has 80 valence electrons. The molecule has 1 amide bonds. The van der Waals surface area contributed by atoms with E-state index in [-0.39, 0.29) is 11.8 Å². The van der Waals surface area contributed by atoms with Gasteiger partial charge in [0, 0.05) is 12.8 Å². The molecule has 0 heterocycles. The fourth-order valence-electron chi connectivity index (χ4n) is 1.17. The molecule has 0 bridgehead atoms. The number of allylic oxidation sites excluding steroid dienone is 1. The Bertz CT molecular complexity index is 236. The number of hydrogen-bond donors (Lipinski definition) is 1. The summed E-state index contributed by atoms with van der Waals surface area (Å²) in [6.07, 6.45) is 3.68. The summed E-state index contributed by atoms with van der Waals surface area (Å²) in [5.74, 6) is -0.737. The minimum Gasteiger partial charge on any atom is -0.467 e. The Hall–Kier alpha value is -1.32. The predicted molar refractivity (Wildman–Crippen MR) is 53.6 cm³/mol. The van der Waals surface area contributed by atoms with Crippen molar-refractivity contribution in [2.75, 3.05) is 7.11 Å². The van der Waals surface area contributed by atoms with Gasteiger partial charge in [0.1, 0.15) is 6.04 Å². The van der Waals surface area contributed by atoms with E-state index in [1.807, 2.05) is 26.0 Å². The molecule has 0 aromatic rings. The molecule has 2 atom stereocenters. The highest BCUT2D eigenvalue weighted by Gasteiger charge is 2.24. The minimum atomic E-state index is -0.603. The molecule has 0 fully saturated rings. The number of esters is 1. The Labute approximate surface area is 84.3 Å². The van der Waals surface area contributed by atoms with E-state index >= 15 is 0 Å². The van der Waals surface area contributed by atoms with Gasteiger partial charge in [0.15, 0.2) is 0 Å². The number of carbonyl (C=O) groups is 2. The molecule has 0 saturated heterocycles. The molecule has 0 rings (SSSR count). The minimum absolute atomic E-state index is 0.0728. The van der Waals surface area contributed by atoms with Crippen LogP contribution in [0, 0.1) is 5.92 Å². The first-order valence-electron chi connectivity index (χ1n) is 4.50. The summed E-state index contributed by atoms with van der Waals surface area (Å²) < 4.78 is 4.59. The van der Waals surface area contributed by atoms with E-state index in [0.717, 1.165) is 0 Å². The quantitative estimate of drug-likeness (QED) is 0.540. The van der Waals surface area contributed by atoms with Crippen LogP contribution in [0.2, 0.25) is 0 Å². The number of hydrogen-bond acceptors (Lipinski definition) is 3. The molecule has 0 radical (unpaired) electrons. The molecule has 1 N–H and O–H groups in total. The summed E-state index contributed by atoms with van der Waals surface area (Å²) in [6.45, 7) is 5.08. The second-order valence-corrected chi connectivity index (χ2v) is 3.09. The summed E-state index contributed by atoms with van der Waals surface area (Å²) in [5, 5.41) is 2.55. The number of ether oxygens (including phenoxy) is 1. The fourth-order valence-corrected chi connectivity index (χ4v) is 1.17. The van der Waals surface area contributed by atoms with Crippen molar-refractivity contribution in [2.45, 2.75) is 26.8 Å². The Morgan fingerprint density at radius 3 is 2.36 bits per heavy atom. The maximum absolute atomic E-state index is 11.3. The number of carbonyl (C=O) groups excluding carboxylic acids is 2. The lowest BCUT2D eigenvalue weighted by atomic mass is 10.0. The maximum Gasteiger partial charge on any atom is 0.328 e. The van der Waals surface area contributed by atoms with E-state index < -0.39 is 12.0 Å². The van der Waals surface area contributed by atoms with Crippen molar-refractivity contribution in [1.82, 2.24) is 5.32 Å². The molecule has 4 heteroatoms. The highest BCUT2D eigenvalue weighted by molar-refractivity contribution is 5.83. The fraction of sp³-hybridized carbons (Fsp3) is 0.600. The lowest BCUT2D eigenvalue weighted by Gasteiger charge is -2.19. The first-order chi connectivity index (χ1) is 6.52. The van der Waals surface area contributed by atoms with Crippen LogP contribution in [0.1, 0.15) is 20.8 Å². The average Bonchev–Trinajstić information content (AvgIpc) is 2.13. The number of rotatable bonds is 4. The van der Waals surface area contributed by atoms with Crippen molar-refractivity contribution in [2.24, 2.45) is 5.92 Å². The van der Waals surface area contributed by atoms with Crippen LogP contribution in [0.4, 0.5) is 0 Å². The zero-order valence-electron chi connectivity index (χ0n) is 9.03. The number of nitrogens with one attached hydrogen (secondary N) is 1. The smallest absolute Gasteiger partial charge is 0.328 e. The Morgan fingerprint density at radius 2 is 2.00 bits per heavy atom. The maximum atomic E-state index is 11.3. The third kappa shape index (κ3) is 4.07. The summed E-state index contributed by atoms with van der Waals surface area (Å²) in [7, 11) is 1.31. The van der Waals surface area contributed by atoms with Gasteiger partial charge in [0.05, 0.1) is 7.11 Å².